The van der Waals surface area contributed by atoms with Crippen LogP contribution in [0.4, 0.5) is 11.4 Å². The fraction of sp³-hybridized carbons (Fsp3) is 0.222. The van der Waals surface area contributed by atoms with Crippen molar-refractivity contribution in [3.8, 4) is 5.75 Å². The Labute approximate surface area is 214 Å². The van der Waals surface area contributed by atoms with Crippen LogP contribution in [0.3, 0.4) is 0 Å². The van der Waals surface area contributed by atoms with Crippen LogP contribution in [0.15, 0.2) is 83.9 Å². The molecule has 0 radical (unpaired) electrons. The van der Waals surface area contributed by atoms with Gasteiger partial charge < -0.3 is 10.1 Å². The van der Waals surface area contributed by atoms with E-state index in [-0.39, 0.29) is 18.2 Å². The van der Waals surface area contributed by atoms with E-state index in [1.165, 1.54) is 17.3 Å². The molecule has 3 aromatic carbocycles. The van der Waals surface area contributed by atoms with Crippen LogP contribution < -0.4 is 10.1 Å². The van der Waals surface area contributed by atoms with E-state index in [0.717, 1.165) is 18.6 Å². The summed E-state index contributed by atoms with van der Waals surface area (Å²) in [5.74, 6) is 0.354. The minimum absolute atomic E-state index is 0.101. The molecule has 4 rings (SSSR count). The van der Waals surface area contributed by atoms with Crippen molar-refractivity contribution in [3.05, 3.63) is 89.4 Å². The molecule has 1 atom stereocenters. The summed E-state index contributed by atoms with van der Waals surface area (Å²) in [7, 11) is 1.61. The van der Waals surface area contributed by atoms with Crippen LogP contribution in [0.1, 0.15) is 18.4 Å². The van der Waals surface area contributed by atoms with Gasteiger partial charge in [-0.1, -0.05) is 59.8 Å². The number of halogens is 1. The molecule has 180 valence electrons. The molecule has 1 aliphatic heterocycles. The maximum Gasteiger partial charge on any atom is 0.238 e. The highest BCUT2D eigenvalue weighted by Crippen LogP contribution is 2.31. The van der Waals surface area contributed by atoms with E-state index < -0.39 is 5.25 Å². The first kappa shape index (κ1) is 24.8. The lowest BCUT2D eigenvalue weighted by Crippen LogP contribution is -2.45. The summed E-state index contributed by atoms with van der Waals surface area (Å²) in [5, 5.41) is 3.32. The zero-order chi connectivity index (χ0) is 24.6. The Balaban J connectivity index is 1.51. The predicted molar refractivity (Wildman–Crippen MR) is 143 cm³/mol. The number of methoxy groups -OCH3 is 1. The minimum atomic E-state index is -0.594. The molecule has 8 heteroatoms. The Bertz CT molecular complexity index is 1200. The first-order valence-corrected chi connectivity index (χ1v) is 12.6. The van der Waals surface area contributed by atoms with Gasteiger partial charge in [-0.15, -0.1) is 0 Å². The SMILES string of the molecule is COc1ccc(N=C2SC(C(=O)Nc3cccc(Cl)c3)CC(=O)N2CCCc2ccccc2)cc1. The maximum atomic E-state index is 13.2. The van der Waals surface area contributed by atoms with Crippen LogP contribution in [0, 0.1) is 0 Å². The van der Waals surface area contributed by atoms with Crippen molar-refractivity contribution < 1.29 is 14.3 Å². The molecule has 35 heavy (non-hydrogen) atoms. The first-order chi connectivity index (χ1) is 17.0. The second-order valence-electron chi connectivity index (χ2n) is 8.04. The lowest BCUT2D eigenvalue weighted by molar-refractivity contribution is -0.129. The van der Waals surface area contributed by atoms with Crippen LogP contribution in [-0.4, -0.2) is 40.8 Å². The van der Waals surface area contributed by atoms with Crippen molar-refractivity contribution in [1.82, 2.24) is 4.90 Å². The summed E-state index contributed by atoms with van der Waals surface area (Å²) in [6.07, 6.45) is 1.74. The lowest BCUT2D eigenvalue weighted by Gasteiger charge is -2.32. The van der Waals surface area contributed by atoms with Gasteiger partial charge >= 0.3 is 0 Å². The van der Waals surface area contributed by atoms with Crippen LogP contribution in [0.5, 0.6) is 5.75 Å². The molecule has 0 saturated carbocycles. The van der Waals surface area contributed by atoms with Crippen molar-refractivity contribution in [3.63, 3.8) is 0 Å². The molecular formula is C27H26ClN3O3S. The van der Waals surface area contributed by atoms with Crippen LogP contribution in [-0.2, 0) is 16.0 Å². The molecule has 2 amide bonds. The topological polar surface area (TPSA) is 71.0 Å². The van der Waals surface area contributed by atoms with E-state index in [1.807, 2.05) is 42.5 Å². The zero-order valence-corrected chi connectivity index (χ0v) is 20.9. The van der Waals surface area contributed by atoms with Crippen molar-refractivity contribution in [2.75, 3.05) is 19.0 Å². The van der Waals surface area contributed by atoms with E-state index in [2.05, 4.69) is 17.4 Å². The van der Waals surface area contributed by atoms with Crippen molar-refractivity contribution in [2.24, 2.45) is 4.99 Å². The monoisotopic (exact) mass is 507 g/mol. The Morgan fingerprint density at radius 2 is 1.89 bits per heavy atom. The zero-order valence-electron chi connectivity index (χ0n) is 19.3. The van der Waals surface area contributed by atoms with Gasteiger partial charge in [-0.05, 0) is 60.9 Å². The van der Waals surface area contributed by atoms with Gasteiger partial charge in [0.2, 0.25) is 11.8 Å². The number of rotatable bonds is 8. The number of amidine groups is 1. The largest absolute Gasteiger partial charge is 0.497 e. The van der Waals surface area contributed by atoms with Crippen molar-refractivity contribution in [2.45, 2.75) is 24.5 Å². The number of aliphatic imine (C=N–C) groups is 1. The molecule has 1 fully saturated rings. The Morgan fingerprint density at radius 3 is 2.60 bits per heavy atom. The van der Waals surface area contributed by atoms with Gasteiger partial charge in [0, 0.05) is 23.7 Å². The number of hydrogen-bond donors (Lipinski definition) is 1. The molecule has 0 aliphatic carbocycles. The highest BCUT2D eigenvalue weighted by atomic mass is 35.5. The number of thioether (sulfide) groups is 1. The summed E-state index contributed by atoms with van der Waals surface area (Å²) in [4.78, 5) is 32.6. The van der Waals surface area contributed by atoms with E-state index in [4.69, 9.17) is 21.3 Å². The Hall–Kier alpha value is -3.29. The molecule has 1 aliphatic rings. The second-order valence-corrected chi connectivity index (χ2v) is 9.64. The van der Waals surface area contributed by atoms with E-state index in [9.17, 15) is 9.59 Å². The van der Waals surface area contributed by atoms with Gasteiger partial charge in [0.1, 0.15) is 11.0 Å². The van der Waals surface area contributed by atoms with Crippen LogP contribution >= 0.6 is 23.4 Å². The third kappa shape index (κ3) is 6.87. The van der Waals surface area contributed by atoms with E-state index >= 15 is 0 Å². The van der Waals surface area contributed by atoms with Gasteiger partial charge in [-0.3, -0.25) is 14.5 Å². The normalized spacial score (nSPS) is 16.9. The number of carbonyl (C=O) groups is 2. The smallest absolute Gasteiger partial charge is 0.238 e. The van der Waals surface area contributed by atoms with Gasteiger partial charge in [0.05, 0.1) is 12.8 Å². The molecule has 3 aromatic rings. The average molecular weight is 508 g/mol. The first-order valence-electron chi connectivity index (χ1n) is 11.3. The Morgan fingerprint density at radius 1 is 1.11 bits per heavy atom. The summed E-state index contributed by atoms with van der Waals surface area (Å²) >= 11 is 7.34. The average Bonchev–Trinajstić information content (AvgIpc) is 2.86. The van der Waals surface area contributed by atoms with Gasteiger partial charge in [0.25, 0.3) is 0 Å². The molecule has 1 saturated heterocycles. The molecule has 0 aromatic heterocycles. The fourth-order valence-corrected chi connectivity index (χ4v) is 5.02. The van der Waals surface area contributed by atoms with E-state index in [1.54, 1.807) is 36.3 Å². The minimum Gasteiger partial charge on any atom is -0.497 e. The quantitative estimate of drug-likeness (QED) is 0.409. The number of hydrogen-bond acceptors (Lipinski definition) is 5. The summed E-state index contributed by atoms with van der Waals surface area (Å²) < 4.78 is 5.23. The van der Waals surface area contributed by atoms with Crippen molar-refractivity contribution in [1.29, 1.82) is 0 Å². The summed E-state index contributed by atoms with van der Waals surface area (Å²) in [6.45, 7) is 0.526. The molecule has 0 spiro atoms. The number of ether oxygens (including phenoxy) is 1. The fourth-order valence-electron chi connectivity index (χ4n) is 3.70. The molecule has 1 unspecified atom stereocenters. The van der Waals surface area contributed by atoms with Gasteiger partial charge in [-0.25, -0.2) is 4.99 Å². The number of aryl methyl sites for hydroxylation is 1. The summed E-state index contributed by atoms with van der Waals surface area (Å²) in [6, 6.07) is 24.4. The third-order valence-corrected chi connectivity index (χ3v) is 6.93. The van der Waals surface area contributed by atoms with Gasteiger partial charge in [0.15, 0.2) is 5.17 Å². The lowest BCUT2D eigenvalue weighted by atomic mass is 10.1. The number of amides is 2. The van der Waals surface area contributed by atoms with E-state index in [0.29, 0.717) is 28.1 Å². The molecular weight excluding hydrogens is 482 g/mol. The molecule has 6 nitrogen and oxygen atoms in total. The number of anilines is 1. The number of nitrogens with zero attached hydrogens (tertiary/aromatic N) is 2. The highest BCUT2D eigenvalue weighted by molar-refractivity contribution is 8.15. The second kappa shape index (κ2) is 11.9. The third-order valence-electron chi connectivity index (χ3n) is 5.51. The summed E-state index contributed by atoms with van der Waals surface area (Å²) in [5.41, 5.74) is 2.50. The van der Waals surface area contributed by atoms with Gasteiger partial charge in [-0.2, -0.15) is 0 Å². The number of carbonyl (C=O) groups excluding carboxylic acids is 2. The van der Waals surface area contributed by atoms with Crippen LogP contribution in [0.2, 0.25) is 5.02 Å². The van der Waals surface area contributed by atoms with Crippen molar-refractivity contribution >= 4 is 51.7 Å². The van der Waals surface area contributed by atoms with Crippen LogP contribution in [0.25, 0.3) is 0 Å². The number of benzene rings is 3. The maximum absolute atomic E-state index is 13.2. The molecule has 0 bridgehead atoms. The Kier molecular flexibility index (Phi) is 8.45. The predicted octanol–water partition coefficient (Wildman–Crippen LogP) is 5.94. The molecule has 1 heterocycles. The number of nitrogens with one attached hydrogen (secondary N) is 1. The molecule has 1 N–H and O–H groups in total. The highest BCUT2D eigenvalue weighted by Gasteiger charge is 2.35. The standard InChI is InChI=1S/C27H26ClN3O3S/c1-34-23-14-12-21(13-15-23)30-27-31(16-6-9-19-7-3-2-4-8-19)25(32)18-24(35-27)26(33)29-22-11-5-10-20(28)17-22/h2-5,7-8,10-15,17,24H,6,9,16,18H2,1H3,(H,29,33).